The van der Waals surface area contributed by atoms with Crippen LogP contribution < -0.4 is 11.1 Å². The van der Waals surface area contributed by atoms with E-state index in [0.29, 0.717) is 12.2 Å². The second-order valence-corrected chi connectivity index (χ2v) is 6.52. The third kappa shape index (κ3) is 4.27. The van der Waals surface area contributed by atoms with E-state index in [-0.39, 0.29) is 23.7 Å². The van der Waals surface area contributed by atoms with E-state index in [9.17, 15) is 4.79 Å². The van der Waals surface area contributed by atoms with Crippen molar-refractivity contribution in [3.05, 3.63) is 45.9 Å². The molecule has 2 aromatic rings. The lowest BCUT2D eigenvalue weighted by molar-refractivity contribution is 0.102. The Kier molecular flexibility index (Phi) is 5.89. The number of hydrogen-bond acceptors (Lipinski definition) is 4. The summed E-state index contributed by atoms with van der Waals surface area (Å²) in [5, 5.41) is 5.43. The number of carbonyl (C=O) groups is 1. The van der Waals surface area contributed by atoms with Crippen LogP contribution in [0.3, 0.4) is 0 Å². The van der Waals surface area contributed by atoms with Gasteiger partial charge in [0.25, 0.3) is 5.91 Å². The summed E-state index contributed by atoms with van der Waals surface area (Å²) in [6, 6.07) is 7.83. The van der Waals surface area contributed by atoms with Gasteiger partial charge in [-0.05, 0) is 17.0 Å². The van der Waals surface area contributed by atoms with Crippen LogP contribution in [-0.4, -0.2) is 10.9 Å². The third-order valence-corrected chi connectivity index (χ3v) is 3.81. The molecule has 0 saturated carbocycles. The van der Waals surface area contributed by atoms with E-state index in [4.69, 9.17) is 5.73 Å². The molecule has 0 radical (unpaired) electrons. The lowest BCUT2D eigenvalue weighted by atomic mass is 9.86. The molecule has 0 unspecified atom stereocenters. The molecule has 0 aliphatic heterocycles. The summed E-state index contributed by atoms with van der Waals surface area (Å²) < 4.78 is 0. The fourth-order valence-corrected chi connectivity index (χ4v) is 2.60. The third-order valence-electron chi connectivity index (χ3n) is 2.94. The van der Waals surface area contributed by atoms with Gasteiger partial charge in [-0.15, -0.1) is 23.7 Å². The molecule has 4 nitrogen and oxygen atoms in total. The van der Waals surface area contributed by atoms with Crippen molar-refractivity contribution in [2.24, 2.45) is 5.73 Å². The minimum absolute atomic E-state index is 0. The molecule has 1 amide bonds. The highest BCUT2D eigenvalue weighted by atomic mass is 35.5. The number of para-hydroxylation sites is 1. The standard InChI is InChI=1S/C15H19N3OS.ClH/c1-15(2,3)10-6-4-5-7-11(10)18-14(19)12-9-20-13(8-16)17-12;/h4-7,9H,8,16H2,1-3H3,(H,18,19);1H. The molecule has 0 bridgehead atoms. The molecule has 0 fully saturated rings. The van der Waals surface area contributed by atoms with E-state index >= 15 is 0 Å². The molecule has 1 aromatic heterocycles. The van der Waals surface area contributed by atoms with Crippen LogP contribution in [0.25, 0.3) is 0 Å². The first-order valence-electron chi connectivity index (χ1n) is 6.47. The number of benzene rings is 1. The Morgan fingerprint density at radius 3 is 2.57 bits per heavy atom. The van der Waals surface area contributed by atoms with Crippen molar-refractivity contribution in [1.82, 2.24) is 4.98 Å². The highest BCUT2D eigenvalue weighted by Crippen LogP contribution is 2.29. The van der Waals surface area contributed by atoms with Crippen molar-refractivity contribution in [2.75, 3.05) is 5.32 Å². The molecule has 3 N–H and O–H groups in total. The Morgan fingerprint density at radius 1 is 1.33 bits per heavy atom. The van der Waals surface area contributed by atoms with Gasteiger partial charge in [0, 0.05) is 17.6 Å². The Morgan fingerprint density at radius 2 is 2.00 bits per heavy atom. The SMILES string of the molecule is CC(C)(C)c1ccccc1NC(=O)c1csc(CN)n1.Cl. The summed E-state index contributed by atoms with van der Waals surface area (Å²) >= 11 is 1.40. The van der Waals surface area contributed by atoms with Crippen molar-refractivity contribution in [2.45, 2.75) is 32.7 Å². The van der Waals surface area contributed by atoms with Crippen molar-refractivity contribution in [1.29, 1.82) is 0 Å². The summed E-state index contributed by atoms with van der Waals surface area (Å²) in [5.41, 5.74) is 7.82. The topological polar surface area (TPSA) is 68.0 Å². The molecule has 0 atom stereocenters. The number of halogens is 1. The van der Waals surface area contributed by atoms with Crippen LogP contribution in [0.15, 0.2) is 29.6 Å². The first-order chi connectivity index (χ1) is 9.41. The average molecular weight is 326 g/mol. The monoisotopic (exact) mass is 325 g/mol. The van der Waals surface area contributed by atoms with Crippen LogP contribution in [0.5, 0.6) is 0 Å². The summed E-state index contributed by atoms with van der Waals surface area (Å²) in [5.74, 6) is -0.197. The summed E-state index contributed by atoms with van der Waals surface area (Å²) in [7, 11) is 0. The quantitative estimate of drug-likeness (QED) is 0.906. The highest BCUT2D eigenvalue weighted by molar-refractivity contribution is 7.09. The number of thiazole rings is 1. The van der Waals surface area contributed by atoms with Crippen molar-refractivity contribution < 1.29 is 4.79 Å². The number of nitrogens with zero attached hydrogens (tertiary/aromatic N) is 1. The van der Waals surface area contributed by atoms with Gasteiger partial charge in [0.15, 0.2) is 0 Å². The molecule has 114 valence electrons. The van der Waals surface area contributed by atoms with Gasteiger partial charge in [-0.25, -0.2) is 4.98 Å². The number of hydrogen-bond donors (Lipinski definition) is 2. The van der Waals surface area contributed by atoms with E-state index in [1.807, 2.05) is 24.3 Å². The minimum Gasteiger partial charge on any atom is -0.325 e. The fourth-order valence-electron chi connectivity index (χ4n) is 1.94. The van der Waals surface area contributed by atoms with E-state index in [1.165, 1.54) is 11.3 Å². The van der Waals surface area contributed by atoms with Crippen LogP contribution in [0.2, 0.25) is 0 Å². The first kappa shape index (κ1) is 17.6. The Labute approximate surface area is 135 Å². The first-order valence-corrected chi connectivity index (χ1v) is 7.35. The Hall–Kier alpha value is -1.43. The lowest BCUT2D eigenvalue weighted by Gasteiger charge is -2.22. The summed E-state index contributed by atoms with van der Waals surface area (Å²) in [6.45, 7) is 6.71. The van der Waals surface area contributed by atoms with Crippen molar-refractivity contribution >= 4 is 35.3 Å². The zero-order valence-corrected chi connectivity index (χ0v) is 14.0. The van der Waals surface area contributed by atoms with Gasteiger partial charge in [-0.3, -0.25) is 4.79 Å². The smallest absolute Gasteiger partial charge is 0.275 e. The maximum absolute atomic E-state index is 12.2. The maximum Gasteiger partial charge on any atom is 0.275 e. The molecule has 1 heterocycles. The predicted octanol–water partition coefficient (Wildman–Crippen LogP) is 3.57. The maximum atomic E-state index is 12.2. The molecular weight excluding hydrogens is 306 g/mol. The summed E-state index contributed by atoms with van der Waals surface area (Å²) in [4.78, 5) is 16.4. The van der Waals surface area contributed by atoms with Crippen LogP contribution in [-0.2, 0) is 12.0 Å². The Balaban J connectivity index is 0.00000220. The number of amides is 1. The number of nitrogens with one attached hydrogen (secondary N) is 1. The van der Waals surface area contributed by atoms with Crippen LogP contribution >= 0.6 is 23.7 Å². The van der Waals surface area contributed by atoms with Gasteiger partial charge in [-0.2, -0.15) is 0 Å². The fraction of sp³-hybridized carbons (Fsp3) is 0.333. The molecule has 2 rings (SSSR count). The van der Waals surface area contributed by atoms with Crippen LogP contribution in [0.4, 0.5) is 5.69 Å². The highest BCUT2D eigenvalue weighted by Gasteiger charge is 2.19. The zero-order chi connectivity index (χ0) is 14.8. The van der Waals surface area contributed by atoms with Gasteiger partial charge < -0.3 is 11.1 Å². The van der Waals surface area contributed by atoms with Gasteiger partial charge in [-0.1, -0.05) is 39.0 Å². The second-order valence-electron chi connectivity index (χ2n) is 5.58. The zero-order valence-electron chi connectivity index (χ0n) is 12.3. The predicted molar refractivity (Wildman–Crippen MR) is 90.3 cm³/mol. The normalized spacial score (nSPS) is 10.9. The molecular formula is C15H20ClN3OS. The molecule has 0 aliphatic carbocycles. The minimum atomic E-state index is -0.197. The number of rotatable bonds is 3. The molecule has 0 aliphatic rings. The molecule has 21 heavy (non-hydrogen) atoms. The molecule has 0 spiro atoms. The van der Waals surface area contributed by atoms with E-state index < -0.39 is 0 Å². The molecule has 0 saturated heterocycles. The van der Waals surface area contributed by atoms with Gasteiger partial charge in [0.2, 0.25) is 0 Å². The number of anilines is 1. The number of nitrogens with two attached hydrogens (primary N) is 1. The van der Waals surface area contributed by atoms with Gasteiger partial charge in [0.1, 0.15) is 10.7 Å². The summed E-state index contributed by atoms with van der Waals surface area (Å²) in [6.07, 6.45) is 0. The number of aromatic nitrogens is 1. The van der Waals surface area contributed by atoms with Crippen LogP contribution in [0.1, 0.15) is 41.8 Å². The van der Waals surface area contributed by atoms with E-state index in [2.05, 4.69) is 31.1 Å². The van der Waals surface area contributed by atoms with Crippen molar-refractivity contribution in [3.63, 3.8) is 0 Å². The Bertz CT molecular complexity index is 619. The van der Waals surface area contributed by atoms with Gasteiger partial charge in [0.05, 0.1) is 0 Å². The van der Waals surface area contributed by atoms with Crippen LogP contribution in [0, 0.1) is 0 Å². The van der Waals surface area contributed by atoms with E-state index in [1.54, 1.807) is 5.38 Å². The largest absolute Gasteiger partial charge is 0.325 e. The number of carbonyl (C=O) groups excluding carboxylic acids is 1. The van der Waals surface area contributed by atoms with E-state index in [0.717, 1.165) is 16.3 Å². The molecule has 6 heteroatoms. The second kappa shape index (κ2) is 7.02. The molecule has 1 aromatic carbocycles. The lowest BCUT2D eigenvalue weighted by Crippen LogP contribution is -2.19. The average Bonchev–Trinajstić information content (AvgIpc) is 2.87. The van der Waals surface area contributed by atoms with Gasteiger partial charge >= 0.3 is 0 Å². The van der Waals surface area contributed by atoms with Crippen molar-refractivity contribution in [3.8, 4) is 0 Å².